The standard InChI is InChI=1S/C33H30N2O10/c1-6-45-32(42)23-15(2)20-21-24(28(38)34(26(21)36)18-11-7-16(8-12-18)30(40)43-4)33(23,3)25-22(20)27(37)35(29(25)39)19-13-9-17(10-14-19)31(41)44-5/h7-14,20-22,24-25H,6H2,1-5H3/t20?,21-,22+,24-,25-,33?/m1/s1. The van der Waals surface area contributed by atoms with Crippen LogP contribution in [0.2, 0.25) is 0 Å². The third-order valence-electron chi connectivity index (χ3n) is 9.77. The van der Waals surface area contributed by atoms with E-state index in [0.717, 1.165) is 9.80 Å². The molecule has 4 amide bonds. The Kier molecular flexibility index (Phi) is 6.98. The third kappa shape index (κ3) is 3.94. The highest BCUT2D eigenvalue weighted by Gasteiger charge is 2.77. The molecule has 45 heavy (non-hydrogen) atoms. The maximum Gasteiger partial charge on any atom is 0.337 e. The first-order valence-electron chi connectivity index (χ1n) is 14.4. The van der Waals surface area contributed by atoms with Crippen LogP contribution < -0.4 is 9.80 Å². The molecule has 12 nitrogen and oxygen atoms in total. The Labute approximate surface area is 257 Å². The first-order valence-corrected chi connectivity index (χ1v) is 14.4. The van der Waals surface area contributed by atoms with Gasteiger partial charge < -0.3 is 14.2 Å². The highest BCUT2D eigenvalue weighted by atomic mass is 16.5. The second kappa shape index (κ2) is 10.5. The number of benzene rings is 2. The van der Waals surface area contributed by atoms with Crippen molar-refractivity contribution in [2.24, 2.45) is 35.0 Å². The fourth-order valence-electron chi connectivity index (χ4n) is 8.05. The number of esters is 3. The second-order valence-electron chi connectivity index (χ2n) is 11.7. The number of allylic oxidation sites excluding steroid dienone is 1. The third-order valence-corrected chi connectivity index (χ3v) is 9.77. The highest BCUT2D eigenvalue weighted by molar-refractivity contribution is 6.27. The van der Waals surface area contributed by atoms with Crippen LogP contribution in [0.1, 0.15) is 41.5 Å². The van der Waals surface area contributed by atoms with Crippen molar-refractivity contribution in [1.82, 2.24) is 0 Å². The van der Waals surface area contributed by atoms with Crippen molar-refractivity contribution in [2.45, 2.75) is 20.8 Å². The molecule has 1 saturated carbocycles. The summed E-state index contributed by atoms with van der Waals surface area (Å²) in [7, 11) is 2.47. The number of carbonyl (C=O) groups excluding carboxylic acids is 7. The summed E-state index contributed by atoms with van der Waals surface area (Å²) >= 11 is 0. The Hall–Kier alpha value is -5.13. The van der Waals surface area contributed by atoms with Gasteiger partial charge in [0.05, 0.1) is 67.0 Å². The van der Waals surface area contributed by atoms with Gasteiger partial charge in [0.2, 0.25) is 23.6 Å². The zero-order chi connectivity index (χ0) is 32.5. The van der Waals surface area contributed by atoms with Gasteiger partial charge in [-0.1, -0.05) is 12.5 Å². The Morgan fingerprint density at radius 1 is 0.667 bits per heavy atom. The van der Waals surface area contributed by atoms with Gasteiger partial charge in [0.25, 0.3) is 0 Å². The monoisotopic (exact) mass is 614 g/mol. The van der Waals surface area contributed by atoms with Crippen LogP contribution in [0.3, 0.4) is 0 Å². The summed E-state index contributed by atoms with van der Waals surface area (Å²) in [6.07, 6.45) is 0. The topological polar surface area (TPSA) is 154 Å². The van der Waals surface area contributed by atoms with Crippen molar-refractivity contribution >= 4 is 52.9 Å². The molecule has 2 aromatic carbocycles. The van der Waals surface area contributed by atoms with E-state index < -0.39 is 76.5 Å². The Morgan fingerprint density at radius 2 is 1.07 bits per heavy atom. The molecule has 2 unspecified atom stereocenters. The van der Waals surface area contributed by atoms with Gasteiger partial charge in [-0.3, -0.25) is 29.0 Å². The lowest BCUT2D eigenvalue weighted by molar-refractivity contribution is -0.155. The first kappa shape index (κ1) is 29.9. The van der Waals surface area contributed by atoms with Gasteiger partial charge in [-0.15, -0.1) is 0 Å². The van der Waals surface area contributed by atoms with Crippen LogP contribution in [-0.2, 0) is 38.2 Å². The van der Waals surface area contributed by atoms with Crippen LogP contribution in [0.25, 0.3) is 0 Å². The van der Waals surface area contributed by atoms with E-state index in [1.807, 2.05) is 0 Å². The molecule has 2 saturated heterocycles. The molecular weight excluding hydrogens is 584 g/mol. The van der Waals surface area contributed by atoms with Crippen molar-refractivity contribution in [3.05, 3.63) is 70.8 Å². The van der Waals surface area contributed by atoms with E-state index in [-0.39, 0.29) is 34.7 Å². The lowest BCUT2D eigenvalue weighted by Crippen LogP contribution is -2.61. The fourth-order valence-corrected chi connectivity index (χ4v) is 8.05. The van der Waals surface area contributed by atoms with Crippen molar-refractivity contribution < 1.29 is 47.8 Å². The minimum atomic E-state index is -1.57. The zero-order valence-electron chi connectivity index (χ0n) is 25.2. The van der Waals surface area contributed by atoms with Crippen LogP contribution in [0.5, 0.6) is 0 Å². The molecule has 6 atom stereocenters. The fraction of sp³-hybridized carbons (Fsp3) is 0.364. The van der Waals surface area contributed by atoms with Crippen molar-refractivity contribution in [3.8, 4) is 0 Å². The Morgan fingerprint density at radius 3 is 1.42 bits per heavy atom. The molecule has 0 N–H and O–H groups in total. The van der Waals surface area contributed by atoms with Gasteiger partial charge in [0.1, 0.15) is 0 Å². The minimum Gasteiger partial charge on any atom is -0.465 e. The predicted octanol–water partition coefficient (Wildman–Crippen LogP) is 2.70. The van der Waals surface area contributed by atoms with E-state index in [1.54, 1.807) is 20.8 Å². The van der Waals surface area contributed by atoms with Crippen LogP contribution >= 0.6 is 0 Å². The molecule has 3 aliphatic carbocycles. The van der Waals surface area contributed by atoms with Crippen molar-refractivity contribution in [3.63, 3.8) is 0 Å². The molecule has 2 bridgehead atoms. The molecule has 0 aromatic heterocycles. The largest absolute Gasteiger partial charge is 0.465 e. The maximum absolute atomic E-state index is 14.3. The Bertz CT molecular complexity index is 1620. The van der Waals surface area contributed by atoms with Gasteiger partial charge in [-0.05, 0) is 62.4 Å². The number of amides is 4. The number of nitrogens with zero attached hydrogens (tertiary/aromatic N) is 2. The molecule has 0 radical (unpaired) electrons. The van der Waals surface area contributed by atoms with Crippen LogP contribution in [0.15, 0.2) is 59.7 Å². The lowest BCUT2D eigenvalue weighted by Gasteiger charge is -2.55. The lowest BCUT2D eigenvalue weighted by atomic mass is 9.43. The van der Waals surface area contributed by atoms with E-state index in [0.29, 0.717) is 5.57 Å². The number of rotatable bonds is 6. The predicted molar refractivity (Wildman–Crippen MR) is 155 cm³/mol. The zero-order valence-corrected chi connectivity index (χ0v) is 25.2. The summed E-state index contributed by atoms with van der Waals surface area (Å²) in [4.78, 5) is 96.4. The second-order valence-corrected chi connectivity index (χ2v) is 11.7. The quantitative estimate of drug-likeness (QED) is 0.270. The molecule has 2 aromatic rings. The first-order chi connectivity index (χ1) is 21.4. The van der Waals surface area contributed by atoms with Crippen molar-refractivity contribution in [2.75, 3.05) is 30.6 Å². The molecule has 0 spiro atoms. The highest BCUT2D eigenvalue weighted by Crippen LogP contribution is 2.68. The average molecular weight is 615 g/mol. The molecule has 12 heteroatoms. The summed E-state index contributed by atoms with van der Waals surface area (Å²) in [6.45, 7) is 4.92. The van der Waals surface area contributed by atoms with Gasteiger partial charge in [0, 0.05) is 16.9 Å². The number of hydrogen-bond donors (Lipinski definition) is 0. The number of anilines is 2. The van der Waals surface area contributed by atoms with E-state index in [2.05, 4.69) is 0 Å². The van der Waals surface area contributed by atoms with Gasteiger partial charge in [-0.2, -0.15) is 0 Å². The minimum absolute atomic E-state index is 0.0373. The number of hydrogen-bond acceptors (Lipinski definition) is 10. The van der Waals surface area contributed by atoms with Crippen molar-refractivity contribution in [1.29, 1.82) is 0 Å². The number of methoxy groups -OCH3 is 2. The molecule has 5 aliphatic rings. The van der Waals surface area contributed by atoms with Crippen LogP contribution in [0, 0.1) is 35.0 Å². The summed E-state index contributed by atoms with van der Waals surface area (Å²) < 4.78 is 14.9. The molecular formula is C33H30N2O10. The van der Waals surface area contributed by atoms with Gasteiger partial charge in [0.15, 0.2) is 0 Å². The smallest absolute Gasteiger partial charge is 0.337 e. The summed E-state index contributed by atoms with van der Waals surface area (Å²) in [5.74, 6) is -9.51. The normalized spacial score (nSPS) is 28.3. The molecule has 2 heterocycles. The van der Waals surface area contributed by atoms with Crippen LogP contribution in [-0.4, -0.2) is 62.4 Å². The van der Waals surface area contributed by atoms with E-state index in [1.165, 1.54) is 62.8 Å². The summed E-state index contributed by atoms with van der Waals surface area (Å²) in [5, 5.41) is 0. The molecule has 232 valence electrons. The molecule has 7 rings (SSSR count). The number of imide groups is 2. The van der Waals surface area contributed by atoms with E-state index >= 15 is 0 Å². The van der Waals surface area contributed by atoms with Crippen LogP contribution in [0.4, 0.5) is 11.4 Å². The Balaban J connectivity index is 1.47. The maximum atomic E-state index is 14.3. The van der Waals surface area contributed by atoms with Gasteiger partial charge >= 0.3 is 17.9 Å². The van der Waals surface area contributed by atoms with E-state index in [4.69, 9.17) is 14.2 Å². The van der Waals surface area contributed by atoms with E-state index in [9.17, 15) is 33.6 Å². The molecule has 3 fully saturated rings. The molecule has 2 aliphatic heterocycles. The average Bonchev–Trinajstić information content (AvgIpc) is 3.46. The summed E-state index contributed by atoms with van der Waals surface area (Å²) in [5.41, 5.74) is -0.145. The SMILES string of the molecule is CCOC(=O)C1=C(C)C2[C@H]3C(=O)N(c4ccc(C(=O)OC)cc4)C(=O)[C@@H]3C1(C)[C@H]1C(=O)N(c3ccc(C(=O)OC)cc3)C(=O)[C@@H]21. The van der Waals surface area contributed by atoms with Gasteiger partial charge in [-0.25, -0.2) is 14.4 Å². The number of carbonyl (C=O) groups is 7. The summed E-state index contributed by atoms with van der Waals surface area (Å²) in [6, 6.07) is 11.5. The number of ether oxygens (including phenoxy) is 3.